The molecule has 2 aromatic heterocycles. The second-order valence-electron chi connectivity index (χ2n) is 6.32. The molecule has 1 aliphatic heterocycles. The molecule has 0 radical (unpaired) electrons. The third-order valence-corrected chi connectivity index (χ3v) is 4.81. The van der Waals surface area contributed by atoms with E-state index in [-0.39, 0.29) is 24.2 Å². The number of pyridine rings is 1. The fourth-order valence-corrected chi connectivity index (χ4v) is 3.62. The summed E-state index contributed by atoms with van der Waals surface area (Å²) in [5.74, 6) is -0.0129. The molecule has 1 saturated heterocycles. The Morgan fingerprint density at radius 1 is 1.24 bits per heavy atom. The van der Waals surface area contributed by atoms with Gasteiger partial charge in [0.25, 0.3) is 5.91 Å². The van der Waals surface area contributed by atoms with Gasteiger partial charge in [-0.25, -0.2) is 0 Å². The number of carbonyl (C=O) groups is 1. The van der Waals surface area contributed by atoms with Crippen LogP contribution in [-0.4, -0.2) is 57.4 Å². The van der Waals surface area contributed by atoms with Crippen LogP contribution >= 0.6 is 0 Å². The largest absolute Gasteiger partial charge is 0.372 e. The lowest BCUT2D eigenvalue weighted by molar-refractivity contribution is -0.108. The fraction of sp³-hybridized carbons (Fsp3) is 0.444. The Morgan fingerprint density at radius 2 is 2.20 bits per heavy atom. The van der Waals surface area contributed by atoms with Crippen molar-refractivity contribution in [3.05, 3.63) is 54.1 Å². The number of rotatable bonds is 4. The minimum absolute atomic E-state index is 0.00336. The number of amides is 1. The summed E-state index contributed by atoms with van der Waals surface area (Å²) in [4.78, 5) is 18.8. The minimum atomic E-state index is -0.0795. The van der Waals surface area contributed by atoms with E-state index in [0.29, 0.717) is 25.3 Å². The van der Waals surface area contributed by atoms with E-state index < -0.39 is 0 Å². The highest BCUT2D eigenvalue weighted by Crippen LogP contribution is 2.33. The molecule has 0 unspecified atom stereocenters. The van der Waals surface area contributed by atoms with Crippen LogP contribution in [0.5, 0.6) is 0 Å². The number of aromatic nitrogens is 3. The first-order chi connectivity index (χ1) is 12.3. The van der Waals surface area contributed by atoms with Crippen molar-refractivity contribution in [3.8, 4) is 0 Å². The molecule has 7 heteroatoms. The molecule has 2 aliphatic rings. The van der Waals surface area contributed by atoms with Gasteiger partial charge in [-0.1, -0.05) is 6.07 Å². The smallest absolute Gasteiger partial charge is 0.255 e. The Bertz CT molecular complexity index is 713. The summed E-state index contributed by atoms with van der Waals surface area (Å²) in [6.07, 6.45) is 8.29. The van der Waals surface area contributed by atoms with Crippen molar-refractivity contribution in [3.63, 3.8) is 0 Å². The molecule has 130 valence electrons. The molecule has 25 heavy (non-hydrogen) atoms. The van der Waals surface area contributed by atoms with Crippen LogP contribution in [0, 0.1) is 0 Å². The average molecular weight is 340 g/mol. The lowest BCUT2D eigenvalue weighted by atomic mass is 10.1. The van der Waals surface area contributed by atoms with Crippen LogP contribution in [-0.2, 0) is 16.1 Å². The SMILES string of the molecule is O=C(c1ccnnc1)N1CCO[C@H]2[C@@H](OCc3cccnc3)CC[C@@H]21. The zero-order valence-electron chi connectivity index (χ0n) is 13.8. The Morgan fingerprint density at radius 3 is 3.00 bits per heavy atom. The topological polar surface area (TPSA) is 77.4 Å². The van der Waals surface area contributed by atoms with Crippen molar-refractivity contribution in [2.45, 2.75) is 37.7 Å². The summed E-state index contributed by atoms with van der Waals surface area (Å²) in [6, 6.07) is 5.64. The molecule has 0 N–H and O–H groups in total. The van der Waals surface area contributed by atoms with Crippen LogP contribution in [0.4, 0.5) is 0 Å². The fourth-order valence-electron chi connectivity index (χ4n) is 3.62. The Labute approximate surface area is 146 Å². The third-order valence-electron chi connectivity index (χ3n) is 4.81. The zero-order chi connectivity index (χ0) is 17.1. The molecular weight excluding hydrogens is 320 g/mol. The van der Waals surface area contributed by atoms with E-state index >= 15 is 0 Å². The lowest BCUT2D eigenvalue weighted by Gasteiger charge is -2.39. The maximum Gasteiger partial charge on any atom is 0.255 e. The maximum atomic E-state index is 12.8. The van der Waals surface area contributed by atoms with Gasteiger partial charge < -0.3 is 14.4 Å². The van der Waals surface area contributed by atoms with E-state index in [4.69, 9.17) is 9.47 Å². The van der Waals surface area contributed by atoms with Gasteiger partial charge in [-0.3, -0.25) is 9.78 Å². The first-order valence-electron chi connectivity index (χ1n) is 8.53. The van der Waals surface area contributed by atoms with E-state index in [1.165, 1.54) is 6.20 Å². The van der Waals surface area contributed by atoms with Crippen molar-refractivity contribution in [2.24, 2.45) is 0 Å². The second-order valence-corrected chi connectivity index (χ2v) is 6.32. The van der Waals surface area contributed by atoms with Gasteiger partial charge in [0.2, 0.25) is 0 Å². The van der Waals surface area contributed by atoms with Gasteiger partial charge in [-0.15, -0.1) is 0 Å². The molecule has 0 spiro atoms. The molecule has 1 saturated carbocycles. The Balaban J connectivity index is 1.42. The normalized spacial score (nSPS) is 25.6. The quantitative estimate of drug-likeness (QED) is 0.839. The summed E-state index contributed by atoms with van der Waals surface area (Å²) < 4.78 is 12.0. The van der Waals surface area contributed by atoms with Gasteiger partial charge in [0.05, 0.1) is 43.3 Å². The zero-order valence-corrected chi connectivity index (χ0v) is 13.8. The molecule has 2 fully saturated rings. The van der Waals surface area contributed by atoms with Crippen molar-refractivity contribution in [1.82, 2.24) is 20.1 Å². The van der Waals surface area contributed by atoms with Crippen LogP contribution in [0.3, 0.4) is 0 Å². The number of hydrogen-bond acceptors (Lipinski definition) is 6. The number of fused-ring (bicyclic) bond motifs is 1. The molecular formula is C18H20N4O3. The highest BCUT2D eigenvalue weighted by atomic mass is 16.5. The molecule has 2 aromatic rings. The van der Waals surface area contributed by atoms with E-state index in [2.05, 4.69) is 15.2 Å². The summed E-state index contributed by atoms with van der Waals surface area (Å²) in [6.45, 7) is 1.63. The average Bonchev–Trinajstić information content (AvgIpc) is 3.10. The molecule has 1 amide bonds. The monoisotopic (exact) mass is 340 g/mol. The van der Waals surface area contributed by atoms with Crippen LogP contribution in [0.15, 0.2) is 43.0 Å². The minimum Gasteiger partial charge on any atom is -0.372 e. The van der Waals surface area contributed by atoms with Gasteiger partial charge in [0, 0.05) is 18.9 Å². The van der Waals surface area contributed by atoms with E-state index in [0.717, 1.165) is 18.4 Å². The van der Waals surface area contributed by atoms with Crippen molar-refractivity contribution in [2.75, 3.05) is 13.2 Å². The van der Waals surface area contributed by atoms with Crippen LogP contribution in [0.25, 0.3) is 0 Å². The van der Waals surface area contributed by atoms with Crippen LogP contribution < -0.4 is 0 Å². The van der Waals surface area contributed by atoms with Crippen molar-refractivity contribution in [1.29, 1.82) is 0 Å². The first-order valence-corrected chi connectivity index (χ1v) is 8.53. The summed E-state index contributed by atoms with van der Waals surface area (Å²) in [5, 5.41) is 7.54. The summed E-state index contributed by atoms with van der Waals surface area (Å²) >= 11 is 0. The Kier molecular flexibility index (Phi) is 4.67. The molecule has 1 aliphatic carbocycles. The van der Waals surface area contributed by atoms with E-state index in [1.807, 2.05) is 17.0 Å². The predicted molar refractivity (Wildman–Crippen MR) is 88.6 cm³/mol. The second kappa shape index (κ2) is 7.25. The maximum absolute atomic E-state index is 12.8. The number of nitrogens with zero attached hydrogens (tertiary/aromatic N) is 4. The molecule has 0 aromatic carbocycles. The number of morpholine rings is 1. The van der Waals surface area contributed by atoms with Gasteiger partial charge in [0.1, 0.15) is 6.10 Å². The van der Waals surface area contributed by atoms with Crippen molar-refractivity contribution < 1.29 is 14.3 Å². The molecule has 3 atom stereocenters. The Hall–Kier alpha value is -2.38. The highest BCUT2D eigenvalue weighted by molar-refractivity contribution is 5.94. The van der Waals surface area contributed by atoms with E-state index in [1.54, 1.807) is 24.7 Å². The first kappa shape index (κ1) is 16.1. The summed E-state index contributed by atoms with van der Waals surface area (Å²) in [7, 11) is 0. The molecule has 3 heterocycles. The number of carbonyl (C=O) groups excluding carboxylic acids is 1. The van der Waals surface area contributed by atoms with Crippen LogP contribution in [0.2, 0.25) is 0 Å². The highest BCUT2D eigenvalue weighted by Gasteiger charge is 2.45. The van der Waals surface area contributed by atoms with Gasteiger partial charge >= 0.3 is 0 Å². The third kappa shape index (κ3) is 3.38. The number of hydrogen-bond donors (Lipinski definition) is 0. The predicted octanol–water partition coefficient (Wildman–Crippen LogP) is 1.46. The van der Waals surface area contributed by atoms with Gasteiger partial charge in [-0.2, -0.15) is 10.2 Å². The van der Waals surface area contributed by atoms with Crippen LogP contribution in [0.1, 0.15) is 28.8 Å². The molecule has 7 nitrogen and oxygen atoms in total. The molecule has 4 rings (SSSR count). The molecule has 0 bridgehead atoms. The van der Waals surface area contributed by atoms with Crippen molar-refractivity contribution >= 4 is 5.91 Å². The number of ether oxygens (including phenoxy) is 2. The van der Waals surface area contributed by atoms with Gasteiger partial charge in [-0.05, 0) is 30.5 Å². The summed E-state index contributed by atoms with van der Waals surface area (Å²) in [5.41, 5.74) is 1.60. The van der Waals surface area contributed by atoms with Gasteiger partial charge in [0.15, 0.2) is 0 Å². The lowest BCUT2D eigenvalue weighted by Crippen LogP contribution is -2.53. The van der Waals surface area contributed by atoms with E-state index in [9.17, 15) is 4.79 Å². The standard InChI is InChI=1S/C18H20N4O3/c23-18(14-5-7-20-21-11-14)22-8-9-24-17-15(22)3-4-16(17)25-12-13-2-1-6-19-10-13/h1-2,5-7,10-11,15-17H,3-4,8-9,12H2/t15-,16-,17+/m0/s1.